The number of carbonyl (C=O) groups excluding carboxylic acids is 4. The number of rotatable bonds is 9. The van der Waals surface area contributed by atoms with Gasteiger partial charge in [0.1, 0.15) is 11.4 Å². The van der Waals surface area contributed by atoms with E-state index in [9.17, 15) is 28.8 Å². The minimum absolute atomic E-state index is 0.143. The van der Waals surface area contributed by atoms with Crippen LogP contribution >= 0.6 is 0 Å². The minimum atomic E-state index is -0.863. The van der Waals surface area contributed by atoms with Crippen LogP contribution in [0.15, 0.2) is 87.9 Å². The van der Waals surface area contributed by atoms with E-state index >= 15 is 0 Å². The fourth-order valence-corrected chi connectivity index (χ4v) is 7.35. The van der Waals surface area contributed by atoms with E-state index in [1.165, 1.54) is 9.80 Å². The number of hydrogen-bond donors (Lipinski definition) is 2. The maximum absolute atomic E-state index is 13.5. The molecule has 0 bridgehead atoms. The lowest BCUT2D eigenvalue weighted by molar-refractivity contribution is 0.0844. The molecule has 0 saturated heterocycles. The molecule has 2 aliphatic heterocycles. The van der Waals surface area contributed by atoms with Gasteiger partial charge in [0.05, 0.1) is 13.1 Å². The maximum atomic E-state index is 13.5. The summed E-state index contributed by atoms with van der Waals surface area (Å²) in [5, 5.41) is 5.99. The predicted molar refractivity (Wildman–Crippen MR) is 218 cm³/mol. The van der Waals surface area contributed by atoms with E-state index in [-0.39, 0.29) is 60.7 Å². The van der Waals surface area contributed by atoms with Crippen LogP contribution < -0.4 is 22.3 Å². The summed E-state index contributed by atoms with van der Waals surface area (Å²) in [7, 11) is 0. The molecule has 2 aliphatic rings. The minimum Gasteiger partial charge on any atom is -0.441 e. The highest BCUT2D eigenvalue weighted by Crippen LogP contribution is 2.34. The molecule has 0 atom stereocenters. The number of aromatic nitrogens is 2. The third-order valence-corrected chi connectivity index (χ3v) is 10.9. The Hall–Kier alpha value is -7.76. The van der Waals surface area contributed by atoms with Crippen LogP contribution in [0.5, 0.6) is 0 Å². The van der Waals surface area contributed by atoms with Crippen LogP contribution in [0.25, 0.3) is 11.1 Å². The number of hydrogen-bond acceptors (Lipinski definition) is 14. The molecule has 2 N–H and O–H groups in total. The zero-order chi connectivity index (χ0) is 43.7. The summed E-state index contributed by atoms with van der Waals surface area (Å²) in [4.78, 5) is 87.4. The molecule has 62 heavy (non-hydrogen) atoms. The molecule has 0 aliphatic carbocycles. The molecule has 8 rings (SSSR count). The van der Waals surface area contributed by atoms with Gasteiger partial charge in [0.15, 0.2) is 36.3 Å². The molecule has 0 radical (unpaired) electrons. The summed E-state index contributed by atoms with van der Waals surface area (Å²) in [6.07, 6.45) is -0.352. The van der Waals surface area contributed by atoms with Crippen molar-refractivity contribution in [1.29, 1.82) is 0 Å². The van der Waals surface area contributed by atoms with Gasteiger partial charge < -0.3 is 47.6 Å². The Morgan fingerprint density at radius 2 is 1.02 bits per heavy atom. The van der Waals surface area contributed by atoms with Crippen LogP contribution in [0.3, 0.4) is 0 Å². The van der Waals surface area contributed by atoms with E-state index in [0.717, 1.165) is 33.4 Å². The largest absolute Gasteiger partial charge is 0.519 e. The predicted octanol–water partition coefficient (Wildman–Crippen LogP) is 6.36. The van der Waals surface area contributed by atoms with Crippen LogP contribution in [0, 0.1) is 27.7 Å². The summed E-state index contributed by atoms with van der Waals surface area (Å²) in [6.45, 7) is 7.53. The van der Waals surface area contributed by atoms with Crippen LogP contribution in [0.2, 0.25) is 0 Å². The Balaban J connectivity index is 0.888. The van der Waals surface area contributed by atoms with Crippen molar-refractivity contribution >= 4 is 35.4 Å². The summed E-state index contributed by atoms with van der Waals surface area (Å²) in [6, 6.07) is 17.9. The van der Waals surface area contributed by atoms with Crippen LogP contribution in [0.1, 0.15) is 77.7 Å². The van der Waals surface area contributed by atoms with E-state index in [1.807, 2.05) is 50.2 Å². The zero-order valence-corrected chi connectivity index (χ0v) is 34.1. The van der Waals surface area contributed by atoms with Gasteiger partial charge in [0.2, 0.25) is 0 Å². The average Bonchev–Trinajstić information content (AvgIpc) is 3.78. The lowest BCUT2D eigenvalue weighted by atomic mass is 9.94. The van der Waals surface area contributed by atoms with Crippen molar-refractivity contribution in [3.05, 3.63) is 150 Å². The first-order valence-corrected chi connectivity index (χ1v) is 19.6. The third kappa shape index (κ3) is 8.61. The quantitative estimate of drug-likeness (QED) is 0.161. The smallest absolute Gasteiger partial charge is 0.441 e. The molecule has 0 saturated carbocycles. The lowest BCUT2D eigenvalue weighted by Crippen LogP contribution is -2.37. The van der Waals surface area contributed by atoms with Crippen LogP contribution in [-0.2, 0) is 48.6 Å². The number of benzene rings is 2. The monoisotopic (exact) mass is 844 g/mol. The third-order valence-electron chi connectivity index (χ3n) is 10.9. The van der Waals surface area contributed by atoms with Gasteiger partial charge in [-0.2, -0.15) is 0 Å². The van der Waals surface area contributed by atoms with Gasteiger partial charge in [0, 0.05) is 48.7 Å². The van der Waals surface area contributed by atoms with Gasteiger partial charge in [-0.15, -0.1) is 0 Å². The van der Waals surface area contributed by atoms with Crippen molar-refractivity contribution in [3.63, 3.8) is 0 Å². The molecule has 18 heteroatoms. The van der Waals surface area contributed by atoms with Gasteiger partial charge in [-0.3, -0.25) is 9.59 Å². The molecule has 4 aromatic heterocycles. The fraction of sp³-hybridized carbons (Fsp3) is 0.273. The first-order valence-electron chi connectivity index (χ1n) is 19.6. The van der Waals surface area contributed by atoms with Crippen molar-refractivity contribution in [2.45, 2.75) is 66.8 Å². The molecule has 0 fully saturated rings. The van der Waals surface area contributed by atoms with Crippen LogP contribution in [-0.4, -0.2) is 56.9 Å². The second kappa shape index (κ2) is 17.1. The Bertz CT molecular complexity index is 2680. The Morgan fingerprint density at radius 3 is 1.40 bits per heavy atom. The number of carbonyl (C=O) groups is 4. The van der Waals surface area contributed by atoms with Crippen LogP contribution in [0.4, 0.5) is 21.0 Å². The lowest BCUT2D eigenvalue weighted by Gasteiger charge is -2.27. The Morgan fingerprint density at radius 1 is 0.597 bits per heavy atom. The van der Waals surface area contributed by atoms with Gasteiger partial charge in [-0.25, -0.2) is 29.1 Å². The maximum Gasteiger partial charge on any atom is 0.519 e. The SMILES string of the molecule is Cc1oc(=O)oc1COC(=O)N1CCc2nc(C(=O)Nc3cccc(-c4cccc(NC(=O)c5ccc6c(n5)CCN(C(=O)OCc5oc(=O)oc5C)C6)c4C)c3C)ccc2C1. The summed E-state index contributed by atoms with van der Waals surface area (Å²) >= 11 is 0. The van der Waals surface area contributed by atoms with Crippen molar-refractivity contribution in [3.8, 4) is 11.1 Å². The highest BCUT2D eigenvalue weighted by Gasteiger charge is 2.27. The van der Waals surface area contributed by atoms with E-state index in [0.29, 0.717) is 48.7 Å². The molecule has 6 heterocycles. The fourth-order valence-electron chi connectivity index (χ4n) is 7.35. The standard InChI is InChI=1S/C44H40N6O12/c1-23-29(7-5-9-31(23)47-39(51)35-13-11-27-19-49(17-15-33(27)45-35)41(53)57-21-37-25(3)59-43(55)61-37)30-8-6-10-32(24(30)2)48-40(52)36-14-12-28-20-50(18-16-34(28)46-36)42(54)58-22-38-26(4)60-44(56)62-38/h5-14H,15-22H2,1-4H3,(H,47,51)(H,48,52). The molecule has 318 valence electrons. The van der Waals surface area contributed by atoms with E-state index in [2.05, 4.69) is 20.6 Å². The first-order chi connectivity index (χ1) is 29.8. The van der Waals surface area contributed by atoms with Gasteiger partial charge in [-0.1, -0.05) is 36.4 Å². The average molecular weight is 845 g/mol. The van der Waals surface area contributed by atoms with E-state index in [4.69, 9.17) is 27.1 Å². The van der Waals surface area contributed by atoms with E-state index < -0.39 is 35.6 Å². The van der Waals surface area contributed by atoms with Crippen molar-refractivity contribution in [2.75, 3.05) is 23.7 Å². The molecule has 6 aromatic rings. The Kier molecular flexibility index (Phi) is 11.3. The number of anilines is 2. The second-order valence-corrected chi connectivity index (χ2v) is 14.8. The Labute approximate surface area is 352 Å². The van der Waals surface area contributed by atoms with Gasteiger partial charge in [0.25, 0.3) is 11.8 Å². The van der Waals surface area contributed by atoms with E-state index in [1.54, 1.807) is 38.1 Å². The number of pyridine rings is 2. The molecule has 2 aromatic carbocycles. The number of amides is 4. The number of fused-ring (bicyclic) bond motifs is 2. The van der Waals surface area contributed by atoms with Crippen molar-refractivity contribution in [1.82, 2.24) is 19.8 Å². The topological polar surface area (TPSA) is 230 Å². The molecular weight excluding hydrogens is 805 g/mol. The molecule has 0 spiro atoms. The molecule has 0 unspecified atom stereocenters. The summed E-state index contributed by atoms with van der Waals surface area (Å²) < 4.78 is 30.0. The molecule has 4 amide bonds. The highest BCUT2D eigenvalue weighted by molar-refractivity contribution is 6.05. The van der Waals surface area contributed by atoms with Gasteiger partial charge >= 0.3 is 23.8 Å². The highest BCUT2D eigenvalue weighted by atomic mass is 16.6. The zero-order valence-electron chi connectivity index (χ0n) is 34.1. The second-order valence-electron chi connectivity index (χ2n) is 14.8. The molecule has 18 nitrogen and oxygen atoms in total. The van der Waals surface area contributed by atoms with Crippen molar-refractivity contribution < 1.29 is 46.3 Å². The summed E-state index contributed by atoms with van der Waals surface area (Å²) in [5.74, 6) is -1.74. The first kappa shape index (κ1) is 41.0. The number of aryl methyl sites for hydroxylation is 2. The number of nitrogens with one attached hydrogen (secondary N) is 2. The van der Waals surface area contributed by atoms with Gasteiger partial charge in [-0.05, 0) is 85.3 Å². The summed E-state index contributed by atoms with van der Waals surface area (Å²) in [5.41, 5.74) is 7.90. The molecular formula is C44H40N6O12. The van der Waals surface area contributed by atoms with Crippen molar-refractivity contribution in [2.24, 2.45) is 0 Å². The number of nitrogens with zero attached hydrogens (tertiary/aromatic N) is 4. The number of ether oxygens (including phenoxy) is 2. The normalized spacial score (nSPS) is 13.2.